The Balaban J connectivity index is 1.20. The van der Waals surface area contributed by atoms with E-state index in [0.29, 0.717) is 22.1 Å². The molecule has 1 aliphatic heterocycles. The highest BCUT2D eigenvalue weighted by Gasteiger charge is 2.17. The van der Waals surface area contributed by atoms with Crippen molar-refractivity contribution in [1.29, 1.82) is 0 Å². The van der Waals surface area contributed by atoms with E-state index in [2.05, 4.69) is 10.3 Å². The first kappa shape index (κ1) is 18.6. The summed E-state index contributed by atoms with van der Waals surface area (Å²) in [7, 11) is 0. The highest BCUT2D eigenvalue weighted by Crippen LogP contribution is 2.35. The summed E-state index contributed by atoms with van der Waals surface area (Å²) in [5, 5.41) is 3.52. The minimum Gasteiger partial charge on any atom is -0.454 e. The van der Waals surface area contributed by atoms with Crippen LogP contribution in [0.2, 0.25) is 0 Å². The van der Waals surface area contributed by atoms with Crippen LogP contribution in [0.25, 0.3) is 20.1 Å². The molecule has 30 heavy (non-hydrogen) atoms. The highest BCUT2D eigenvalue weighted by atomic mass is 32.1. The Morgan fingerprint density at radius 2 is 1.90 bits per heavy atom. The van der Waals surface area contributed by atoms with Crippen molar-refractivity contribution < 1.29 is 23.8 Å². The van der Waals surface area contributed by atoms with Crippen molar-refractivity contribution in [2.45, 2.75) is 0 Å². The van der Waals surface area contributed by atoms with Crippen LogP contribution in [-0.4, -0.2) is 30.3 Å². The Labute approximate surface area is 178 Å². The summed E-state index contributed by atoms with van der Waals surface area (Å²) in [5.74, 6) is 0.199. The van der Waals surface area contributed by atoms with Crippen LogP contribution in [0.1, 0.15) is 9.67 Å². The van der Waals surface area contributed by atoms with Crippen LogP contribution in [0.3, 0.4) is 0 Å². The van der Waals surface area contributed by atoms with Gasteiger partial charge in [0.05, 0.1) is 15.1 Å². The summed E-state index contributed by atoms with van der Waals surface area (Å²) >= 11 is 2.86. The van der Waals surface area contributed by atoms with E-state index in [1.54, 1.807) is 35.6 Å². The van der Waals surface area contributed by atoms with Gasteiger partial charge < -0.3 is 19.5 Å². The third-order valence-corrected chi connectivity index (χ3v) is 6.57. The van der Waals surface area contributed by atoms with Crippen molar-refractivity contribution in [3.63, 3.8) is 0 Å². The van der Waals surface area contributed by atoms with Gasteiger partial charge in [-0.15, -0.1) is 22.7 Å². The number of para-hydroxylation sites is 1. The summed E-state index contributed by atoms with van der Waals surface area (Å²) < 4.78 is 16.7. The van der Waals surface area contributed by atoms with E-state index in [4.69, 9.17) is 14.2 Å². The van der Waals surface area contributed by atoms with Crippen LogP contribution in [0.4, 0.5) is 5.69 Å². The van der Waals surface area contributed by atoms with Gasteiger partial charge in [-0.2, -0.15) is 0 Å². The summed E-state index contributed by atoms with van der Waals surface area (Å²) in [6.45, 7) is -0.230. The average molecular weight is 438 g/mol. The number of rotatable bonds is 5. The van der Waals surface area contributed by atoms with E-state index < -0.39 is 11.9 Å². The van der Waals surface area contributed by atoms with Crippen LogP contribution in [0, 0.1) is 0 Å². The number of nitrogens with one attached hydrogen (secondary N) is 1. The number of aromatic nitrogens is 1. The number of fused-ring (bicyclic) bond motifs is 2. The molecule has 0 unspecified atom stereocenters. The molecule has 0 bridgehead atoms. The summed E-state index contributed by atoms with van der Waals surface area (Å²) in [6.07, 6.45) is 0. The molecule has 0 saturated heterocycles. The minimum atomic E-state index is -0.548. The fraction of sp³-hybridized carbons (Fsp3) is 0.0952. The van der Waals surface area contributed by atoms with E-state index in [1.807, 2.05) is 30.3 Å². The molecule has 0 atom stereocenters. The van der Waals surface area contributed by atoms with Gasteiger partial charge in [0.15, 0.2) is 18.1 Å². The van der Waals surface area contributed by atoms with Crippen molar-refractivity contribution in [1.82, 2.24) is 4.98 Å². The molecule has 150 valence electrons. The number of anilines is 1. The molecule has 0 aliphatic carbocycles. The number of carbonyl (C=O) groups is 2. The zero-order chi connectivity index (χ0) is 20.5. The number of nitrogens with zero attached hydrogens (tertiary/aromatic N) is 1. The van der Waals surface area contributed by atoms with Crippen LogP contribution >= 0.6 is 22.7 Å². The van der Waals surface area contributed by atoms with Gasteiger partial charge in [0.1, 0.15) is 9.88 Å². The summed E-state index contributed by atoms with van der Waals surface area (Å²) in [6, 6.07) is 16.5. The SMILES string of the molecule is O=C(COC(=O)c1ccc(-c2nc3ccccc3s2)s1)Nc1ccc2c(c1)OCO2. The number of amides is 1. The Hall–Kier alpha value is -3.43. The van der Waals surface area contributed by atoms with Gasteiger partial charge in [-0.1, -0.05) is 12.1 Å². The number of carbonyl (C=O) groups excluding carboxylic acids is 2. The van der Waals surface area contributed by atoms with Crippen molar-refractivity contribution in [2.24, 2.45) is 0 Å². The maximum absolute atomic E-state index is 12.3. The van der Waals surface area contributed by atoms with Crippen molar-refractivity contribution in [2.75, 3.05) is 18.7 Å². The molecule has 1 amide bonds. The number of hydrogen-bond donors (Lipinski definition) is 1. The minimum absolute atomic E-state index is 0.157. The van der Waals surface area contributed by atoms with E-state index in [-0.39, 0.29) is 13.4 Å². The summed E-state index contributed by atoms with van der Waals surface area (Å²) in [4.78, 5) is 30.3. The average Bonchev–Trinajstić information content (AvgIpc) is 3.50. The lowest BCUT2D eigenvalue weighted by atomic mass is 10.3. The standard InChI is InChI=1S/C21H14N2O5S2/c24-19(22-12-5-6-14-15(9-12)28-11-27-14)10-26-21(25)18-8-7-17(29-18)20-23-13-3-1-2-4-16(13)30-20/h1-9H,10-11H2,(H,22,24). The second-order valence-electron chi connectivity index (χ2n) is 6.34. The second kappa shape index (κ2) is 7.77. The lowest BCUT2D eigenvalue weighted by molar-refractivity contribution is -0.119. The number of ether oxygens (including phenoxy) is 3. The molecule has 1 aliphatic rings. The van der Waals surface area contributed by atoms with E-state index in [9.17, 15) is 9.59 Å². The predicted molar refractivity (Wildman–Crippen MR) is 114 cm³/mol. The fourth-order valence-corrected chi connectivity index (χ4v) is 4.83. The Morgan fingerprint density at radius 1 is 1.03 bits per heavy atom. The predicted octanol–water partition coefficient (Wildman–Crippen LogP) is 4.55. The van der Waals surface area contributed by atoms with Crippen molar-refractivity contribution in [3.8, 4) is 21.4 Å². The lowest BCUT2D eigenvalue weighted by Gasteiger charge is -2.06. The number of esters is 1. The molecule has 2 aromatic heterocycles. The molecule has 2 aromatic carbocycles. The maximum atomic E-state index is 12.3. The number of thiophene rings is 1. The van der Waals surface area contributed by atoms with Crippen LogP contribution in [0.5, 0.6) is 11.5 Å². The Bertz CT molecular complexity index is 1230. The van der Waals surface area contributed by atoms with Gasteiger partial charge in [-0.05, 0) is 36.4 Å². The van der Waals surface area contributed by atoms with Crippen molar-refractivity contribution in [3.05, 3.63) is 59.5 Å². The monoisotopic (exact) mass is 438 g/mol. The van der Waals surface area contributed by atoms with Crippen LogP contribution < -0.4 is 14.8 Å². The molecule has 5 rings (SSSR count). The lowest BCUT2D eigenvalue weighted by Crippen LogP contribution is -2.20. The molecule has 0 fully saturated rings. The molecular weight excluding hydrogens is 424 g/mol. The largest absolute Gasteiger partial charge is 0.454 e. The topological polar surface area (TPSA) is 86.8 Å². The molecule has 9 heteroatoms. The molecular formula is C21H14N2O5S2. The quantitative estimate of drug-likeness (QED) is 0.460. The van der Waals surface area contributed by atoms with Crippen LogP contribution in [-0.2, 0) is 9.53 Å². The second-order valence-corrected chi connectivity index (χ2v) is 8.46. The van der Waals surface area contributed by atoms with E-state index in [0.717, 1.165) is 20.1 Å². The number of hydrogen-bond acceptors (Lipinski definition) is 8. The Morgan fingerprint density at radius 3 is 2.80 bits per heavy atom. The normalized spacial score (nSPS) is 12.1. The van der Waals surface area contributed by atoms with Crippen molar-refractivity contribution >= 4 is 50.5 Å². The van der Waals surface area contributed by atoms with Gasteiger partial charge >= 0.3 is 5.97 Å². The third-order valence-electron chi connectivity index (χ3n) is 4.30. The molecule has 1 N–H and O–H groups in total. The molecule has 3 heterocycles. The smallest absolute Gasteiger partial charge is 0.348 e. The van der Waals surface area contributed by atoms with Gasteiger partial charge in [0.25, 0.3) is 5.91 Å². The number of benzene rings is 2. The van der Waals surface area contributed by atoms with Gasteiger partial charge in [-0.25, -0.2) is 9.78 Å². The molecule has 4 aromatic rings. The third kappa shape index (κ3) is 3.72. The molecule has 0 spiro atoms. The first-order valence-corrected chi connectivity index (χ1v) is 10.6. The van der Waals surface area contributed by atoms with E-state index in [1.165, 1.54) is 11.3 Å². The van der Waals surface area contributed by atoms with Gasteiger partial charge in [0, 0.05) is 11.8 Å². The first-order valence-electron chi connectivity index (χ1n) is 8.98. The van der Waals surface area contributed by atoms with Crippen LogP contribution in [0.15, 0.2) is 54.6 Å². The zero-order valence-corrected chi connectivity index (χ0v) is 17.0. The Kier molecular flexibility index (Phi) is 4.82. The first-order chi connectivity index (χ1) is 14.7. The van der Waals surface area contributed by atoms with E-state index >= 15 is 0 Å². The molecule has 0 radical (unpaired) electrons. The zero-order valence-electron chi connectivity index (χ0n) is 15.4. The fourth-order valence-electron chi connectivity index (χ4n) is 2.91. The number of thiazole rings is 1. The molecule has 7 nitrogen and oxygen atoms in total. The summed E-state index contributed by atoms with van der Waals surface area (Å²) in [5.41, 5.74) is 1.46. The van der Waals surface area contributed by atoms with Gasteiger partial charge in [0.2, 0.25) is 6.79 Å². The van der Waals surface area contributed by atoms with Gasteiger partial charge in [-0.3, -0.25) is 4.79 Å². The highest BCUT2D eigenvalue weighted by molar-refractivity contribution is 7.26. The maximum Gasteiger partial charge on any atom is 0.348 e. The molecule has 0 saturated carbocycles.